The standard InChI is InChI=1S/C26H38N2O2/c1-7-25(3,4)20-11-16-24(23(19-20)26(5,6)8-2)30-18-10-9-17-29-22-14-12-21(28-27)13-15-22/h11-16,19,27H,7-10,17-18H2,1-6H3. The lowest BCUT2D eigenvalue weighted by Gasteiger charge is -2.30. The summed E-state index contributed by atoms with van der Waals surface area (Å²) in [6.07, 6.45) is 4.05. The van der Waals surface area contributed by atoms with Crippen molar-refractivity contribution in [1.82, 2.24) is 0 Å². The molecule has 0 aromatic heterocycles. The average molecular weight is 411 g/mol. The SMILES string of the molecule is CCC(C)(C)c1ccc(OCCCCOc2ccc(N=N)cc2)c(C(C)(C)CC)c1. The van der Waals surface area contributed by atoms with Gasteiger partial charge in [-0.25, -0.2) is 5.53 Å². The zero-order chi connectivity index (χ0) is 22.2. The van der Waals surface area contributed by atoms with Crippen LogP contribution in [0.15, 0.2) is 47.6 Å². The number of hydrogen-bond acceptors (Lipinski definition) is 4. The molecule has 4 heteroatoms. The molecule has 0 saturated heterocycles. The van der Waals surface area contributed by atoms with Crippen LogP contribution in [0, 0.1) is 5.53 Å². The van der Waals surface area contributed by atoms with Gasteiger partial charge in [-0.15, -0.1) is 0 Å². The first kappa shape index (κ1) is 23.9. The minimum atomic E-state index is 0.0791. The van der Waals surface area contributed by atoms with E-state index in [1.165, 1.54) is 11.1 Å². The van der Waals surface area contributed by atoms with Crippen LogP contribution in [0.25, 0.3) is 0 Å². The maximum atomic E-state index is 6.99. The van der Waals surface area contributed by atoms with Crippen LogP contribution in [0.2, 0.25) is 0 Å². The fourth-order valence-electron chi connectivity index (χ4n) is 3.19. The van der Waals surface area contributed by atoms with Crippen LogP contribution >= 0.6 is 0 Å². The molecule has 0 heterocycles. The van der Waals surface area contributed by atoms with Crippen molar-refractivity contribution in [2.45, 2.75) is 78.1 Å². The van der Waals surface area contributed by atoms with Gasteiger partial charge in [-0.05, 0) is 72.4 Å². The second kappa shape index (κ2) is 10.6. The molecule has 30 heavy (non-hydrogen) atoms. The summed E-state index contributed by atoms with van der Waals surface area (Å²) in [5.41, 5.74) is 10.6. The fourth-order valence-corrected chi connectivity index (χ4v) is 3.19. The van der Waals surface area contributed by atoms with Gasteiger partial charge < -0.3 is 9.47 Å². The summed E-state index contributed by atoms with van der Waals surface area (Å²) in [5, 5.41) is 3.39. The van der Waals surface area contributed by atoms with Crippen molar-refractivity contribution in [3.63, 3.8) is 0 Å². The highest BCUT2D eigenvalue weighted by atomic mass is 16.5. The summed E-state index contributed by atoms with van der Waals surface area (Å²) in [7, 11) is 0. The minimum absolute atomic E-state index is 0.0791. The normalized spacial score (nSPS) is 11.9. The molecule has 0 unspecified atom stereocenters. The molecule has 0 aliphatic carbocycles. The molecule has 0 fully saturated rings. The summed E-state index contributed by atoms with van der Waals surface area (Å²) in [6, 6.07) is 14.0. The van der Waals surface area contributed by atoms with E-state index < -0.39 is 0 Å². The lowest BCUT2D eigenvalue weighted by atomic mass is 9.76. The van der Waals surface area contributed by atoms with Crippen molar-refractivity contribution in [3.05, 3.63) is 53.6 Å². The van der Waals surface area contributed by atoms with Gasteiger partial charge in [-0.1, -0.05) is 53.7 Å². The summed E-state index contributed by atoms with van der Waals surface area (Å²) in [6.45, 7) is 15.0. The van der Waals surface area contributed by atoms with Gasteiger partial charge in [0.2, 0.25) is 0 Å². The van der Waals surface area contributed by atoms with E-state index in [-0.39, 0.29) is 10.8 Å². The molecule has 2 rings (SSSR count). The topological polar surface area (TPSA) is 54.7 Å². The smallest absolute Gasteiger partial charge is 0.123 e. The van der Waals surface area contributed by atoms with Gasteiger partial charge in [0.25, 0.3) is 0 Å². The van der Waals surface area contributed by atoms with Crippen molar-refractivity contribution in [2.75, 3.05) is 13.2 Å². The Morgan fingerprint density at radius 1 is 0.800 bits per heavy atom. The van der Waals surface area contributed by atoms with Gasteiger partial charge in [-0.2, -0.15) is 5.11 Å². The maximum absolute atomic E-state index is 6.99. The highest BCUT2D eigenvalue weighted by Crippen LogP contribution is 2.38. The van der Waals surface area contributed by atoms with E-state index in [1.807, 2.05) is 12.1 Å². The predicted molar refractivity (Wildman–Crippen MR) is 125 cm³/mol. The van der Waals surface area contributed by atoms with Gasteiger partial charge in [0.05, 0.1) is 18.9 Å². The Bertz CT molecular complexity index is 810. The van der Waals surface area contributed by atoms with Crippen molar-refractivity contribution < 1.29 is 9.47 Å². The fraction of sp³-hybridized carbons (Fsp3) is 0.538. The van der Waals surface area contributed by atoms with E-state index in [0.29, 0.717) is 18.9 Å². The number of ether oxygens (including phenoxy) is 2. The largest absolute Gasteiger partial charge is 0.494 e. The molecule has 4 nitrogen and oxygen atoms in total. The third-order valence-corrected chi connectivity index (χ3v) is 6.29. The average Bonchev–Trinajstić information content (AvgIpc) is 2.76. The van der Waals surface area contributed by atoms with Gasteiger partial charge in [-0.3, -0.25) is 0 Å². The molecule has 0 radical (unpaired) electrons. The third-order valence-electron chi connectivity index (χ3n) is 6.29. The van der Waals surface area contributed by atoms with Crippen LogP contribution in [0.3, 0.4) is 0 Å². The molecule has 2 aromatic rings. The van der Waals surface area contributed by atoms with Crippen LogP contribution in [-0.2, 0) is 10.8 Å². The summed E-state index contributed by atoms with van der Waals surface area (Å²) in [4.78, 5) is 0. The summed E-state index contributed by atoms with van der Waals surface area (Å²) < 4.78 is 12.0. The molecule has 0 aliphatic heterocycles. The predicted octanol–water partition coefficient (Wildman–Crippen LogP) is 7.96. The molecule has 2 aromatic carbocycles. The number of rotatable bonds is 12. The molecule has 1 N–H and O–H groups in total. The molecule has 0 amide bonds. The van der Waals surface area contributed by atoms with Crippen molar-refractivity contribution in [3.8, 4) is 11.5 Å². The molecule has 0 aliphatic rings. The summed E-state index contributed by atoms with van der Waals surface area (Å²) >= 11 is 0. The maximum Gasteiger partial charge on any atom is 0.123 e. The van der Waals surface area contributed by atoms with Crippen LogP contribution in [0.4, 0.5) is 5.69 Å². The monoisotopic (exact) mass is 410 g/mol. The lowest BCUT2D eigenvalue weighted by Crippen LogP contribution is -2.21. The number of nitrogens with one attached hydrogen (secondary N) is 1. The Balaban J connectivity index is 1.92. The molecular formula is C26H38N2O2. The minimum Gasteiger partial charge on any atom is -0.494 e. The number of hydrogen-bond donors (Lipinski definition) is 1. The van der Waals surface area contributed by atoms with Crippen molar-refractivity contribution >= 4 is 5.69 Å². The highest BCUT2D eigenvalue weighted by molar-refractivity contribution is 5.44. The Labute approximate surface area is 182 Å². The Morgan fingerprint density at radius 2 is 1.40 bits per heavy atom. The highest BCUT2D eigenvalue weighted by Gasteiger charge is 2.26. The van der Waals surface area contributed by atoms with Crippen LogP contribution in [0.5, 0.6) is 11.5 Å². The Hall–Kier alpha value is -2.36. The number of unbranched alkanes of at least 4 members (excludes halogenated alkanes) is 1. The van der Waals surface area contributed by atoms with Gasteiger partial charge >= 0.3 is 0 Å². The second-order valence-electron chi connectivity index (χ2n) is 9.20. The van der Waals surface area contributed by atoms with Crippen LogP contribution in [0.1, 0.15) is 78.4 Å². The molecule has 0 saturated carbocycles. The van der Waals surface area contributed by atoms with E-state index in [0.717, 1.165) is 37.2 Å². The summed E-state index contributed by atoms with van der Waals surface area (Å²) in [5.74, 6) is 1.82. The van der Waals surface area contributed by atoms with E-state index in [9.17, 15) is 0 Å². The zero-order valence-electron chi connectivity index (χ0n) is 19.5. The number of nitrogens with zero attached hydrogens (tertiary/aromatic N) is 1. The van der Waals surface area contributed by atoms with Crippen LogP contribution < -0.4 is 9.47 Å². The second-order valence-corrected chi connectivity index (χ2v) is 9.20. The van der Waals surface area contributed by atoms with Gasteiger partial charge in [0.1, 0.15) is 11.5 Å². The molecular weight excluding hydrogens is 372 g/mol. The Kier molecular flexibility index (Phi) is 8.45. The molecule has 0 atom stereocenters. The first-order chi connectivity index (χ1) is 14.2. The number of benzene rings is 2. The quantitative estimate of drug-likeness (QED) is 0.285. The van der Waals surface area contributed by atoms with Gasteiger partial charge in [0.15, 0.2) is 0 Å². The van der Waals surface area contributed by atoms with Crippen molar-refractivity contribution in [1.29, 1.82) is 5.53 Å². The molecule has 164 valence electrons. The first-order valence-corrected chi connectivity index (χ1v) is 11.1. The third kappa shape index (κ3) is 6.32. The van der Waals surface area contributed by atoms with E-state index >= 15 is 0 Å². The molecule has 0 spiro atoms. The van der Waals surface area contributed by atoms with Crippen LogP contribution in [-0.4, -0.2) is 13.2 Å². The van der Waals surface area contributed by atoms with E-state index in [2.05, 4.69) is 64.9 Å². The van der Waals surface area contributed by atoms with E-state index in [1.54, 1.807) is 12.1 Å². The Morgan fingerprint density at radius 3 is 1.97 bits per heavy atom. The zero-order valence-corrected chi connectivity index (χ0v) is 19.5. The first-order valence-electron chi connectivity index (χ1n) is 11.1. The molecule has 0 bridgehead atoms. The van der Waals surface area contributed by atoms with Gasteiger partial charge in [0, 0.05) is 5.56 Å². The van der Waals surface area contributed by atoms with Crippen molar-refractivity contribution in [2.24, 2.45) is 5.11 Å². The lowest BCUT2D eigenvalue weighted by molar-refractivity contribution is 0.262. The van der Waals surface area contributed by atoms with E-state index in [4.69, 9.17) is 15.0 Å².